The zero-order valence-corrected chi connectivity index (χ0v) is 11.2. The van der Waals surface area contributed by atoms with Crippen LogP contribution in [-0.4, -0.2) is 25.0 Å². The molecule has 1 aliphatic carbocycles. The highest BCUT2D eigenvalue weighted by Crippen LogP contribution is 2.27. The molecule has 98 valence electrons. The lowest BCUT2D eigenvalue weighted by Crippen LogP contribution is -2.45. The van der Waals surface area contributed by atoms with Crippen LogP contribution in [-0.2, 0) is 4.79 Å². The zero-order valence-electron chi connectivity index (χ0n) is 11.2. The molecule has 1 saturated heterocycles. The molecule has 2 aliphatic rings. The van der Waals surface area contributed by atoms with Crippen LogP contribution in [0.3, 0.4) is 0 Å². The average molecular weight is 238 g/mol. The van der Waals surface area contributed by atoms with Gasteiger partial charge in [0, 0.05) is 12.6 Å². The third kappa shape index (κ3) is 3.01. The molecule has 0 aromatic heterocycles. The van der Waals surface area contributed by atoms with Crippen LogP contribution >= 0.6 is 0 Å². The van der Waals surface area contributed by atoms with E-state index in [1.165, 1.54) is 32.1 Å². The van der Waals surface area contributed by atoms with Crippen LogP contribution in [0.2, 0.25) is 0 Å². The Labute approximate surface area is 105 Å². The highest BCUT2D eigenvalue weighted by molar-refractivity contribution is 5.79. The van der Waals surface area contributed by atoms with E-state index in [1.807, 2.05) is 0 Å². The van der Waals surface area contributed by atoms with E-state index in [9.17, 15) is 4.79 Å². The molecule has 1 saturated carbocycles. The number of hydrogen-bond acceptors (Lipinski definition) is 2. The van der Waals surface area contributed by atoms with Gasteiger partial charge >= 0.3 is 0 Å². The number of carbonyl (C=O) groups excluding carboxylic acids is 1. The Morgan fingerprint density at radius 1 is 1.29 bits per heavy atom. The minimum absolute atomic E-state index is 0.189. The molecule has 0 aromatic carbocycles. The van der Waals surface area contributed by atoms with Crippen molar-refractivity contribution in [3.05, 3.63) is 0 Å². The summed E-state index contributed by atoms with van der Waals surface area (Å²) in [6.07, 6.45) is 6.29. The minimum atomic E-state index is 0.189. The molecule has 4 atom stereocenters. The fourth-order valence-electron chi connectivity index (χ4n) is 3.34. The van der Waals surface area contributed by atoms with Gasteiger partial charge in [-0.1, -0.05) is 33.1 Å². The van der Waals surface area contributed by atoms with Gasteiger partial charge in [0.05, 0.1) is 5.92 Å². The molecule has 3 nitrogen and oxygen atoms in total. The van der Waals surface area contributed by atoms with Gasteiger partial charge in [0.25, 0.3) is 0 Å². The SMILES string of the molecule is CCC1CCCCC1NC(=O)C1CNCC1C. The monoisotopic (exact) mass is 238 g/mol. The van der Waals surface area contributed by atoms with Gasteiger partial charge in [-0.3, -0.25) is 4.79 Å². The van der Waals surface area contributed by atoms with E-state index in [0.29, 0.717) is 17.9 Å². The summed E-state index contributed by atoms with van der Waals surface area (Å²) in [5.74, 6) is 1.67. The molecular formula is C14H26N2O. The summed E-state index contributed by atoms with van der Waals surface area (Å²) in [6, 6.07) is 0.439. The van der Waals surface area contributed by atoms with E-state index in [-0.39, 0.29) is 11.8 Å². The van der Waals surface area contributed by atoms with Crippen molar-refractivity contribution >= 4 is 5.91 Å². The number of hydrogen-bond donors (Lipinski definition) is 2. The zero-order chi connectivity index (χ0) is 12.3. The van der Waals surface area contributed by atoms with Crippen LogP contribution in [0.25, 0.3) is 0 Å². The largest absolute Gasteiger partial charge is 0.353 e. The van der Waals surface area contributed by atoms with Gasteiger partial charge in [0.1, 0.15) is 0 Å². The Balaban J connectivity index is 1.88. The summed E-state index contributed by atoms with van der Waals surface area (Å²) in [6.45, 7) is 6.26. The normalized spacial score (nSPS) is 38.0. The Kier molecular flexibility index (Phi) is 4.43. The molecule has 4 unspecified atom stereocenters. The predicted octanol–water partition coefficient (Wildman–Crippen LogP) is 1.93. The molecule has 1 amide bonds. The van der Waals surface area contributed by atoms with E-state index >= 15 is 0 Å². The van der Waals surface area contributed by atoms with Gasteiger partial charge in [-0.2, -0.15) is 0 Å². The summed E-state index contributed by atoms with van der Waals surface area (Å²) < 4.78 is 0. The topological polar surface area (TPSA) is 41.1 Å². The lowest BCUT2D eigenvalue weighted by Gasteiger charge is -2.32. The fourth-order valence-corrected chi connectivity index (χ4v) is 3.34. The Bertz CT molecular complexity index is 267. The third-order valence-electron chi connectivity index (χ3n) is 4.62. The van der Waals surface area contributed by atoms with Crippen molar-refractivity contribution < 1.29 is 4.79 Å². The van der Waals surface area contributed by atoms with Crippen molar-refractivity contribution in [2.45, 2.75) is 52.0 Å². The summed E-state index contributed by atoms with van der Waals surface area (Å²) in [5.41, 5.74) is 0. The van der Waals surface area contributed by atoms with Crippen LogP contribution in [0.15, 0.2) is 0 Å². The second-order valence-electron chi connectivity index (χ2n) is 5.81. The smallest absolute Gasteiger partial charge is 0.224 e. The average Bonchev–Trinajstić information content (AvgIpc) is 2.76. The van der Waals surface area contributed by atoms with Crippen LogP contribution in [0, 0.1) is 17.8 Å². The van der Waals surface area contributed by atoms with E-state index in [4.69, 9.17) is 0 Å². The van der Waals surface area contributed by atoms with E-state index in [2.05, 4.69) is 24.5 Å². The fraction of sp³-hybridized carbons (Fsp3) is 0.929. The highest BCUT2D eigenvalue weighted by atomic mass is 16.2. The second-order valence-corrected chi connectivity index (χ2v) is 5.81. The van der Waals surface area contributed by atoms with Gasteiger partial charge in [0.2, 0.25) is 5.91 Å². The molecule has 17 heavy (non-hydrogen) atoms. The number of amides is 1. The van der Waals surface area contributed by atoms with Gasteiger partial charge in [-0.05, 0) is 31.2 Å². The van der Waals surface area contributed by atoms with Crippen molar-refractivity contribution in [1.82, 2.24) is 10.6 Å². The minimum Gasteiger partial charge on any atom is -0.353 e. The standard InChI is InChI=1S/C14H26N2O/c1-3-11-6-4-5-7-13(11)16-14(17)12-9-15-8-10(12)2/h10-13,15H,3-9H2,1-2H3,(H,16,17). The van der Waals surface area contributed by atoms with Crippen LogP contribution in [0.1, 0.15) is 46.0 Å². The van der Waals surface area contributed by atoms with Crippen LogP contribution in [0.4, 0.5) is 0 Å². The summed E-state index contributed by atoms with van der Waals surface area (Å²) >= 11 is 0. The summed E-state index contributed by atoms with van der Waals surface area (Å²) in [5, 5.41) is 6.62. The van der Waals surface area contributed by atoms with Crippen molar-refractivity contribution in [2.75, 3.05) is 13.1 Å². The maximum atomic E-state index is 12.2. The maximum Gasteiger partial charge on any atom is 0.224 e. The first-order valence-electron chi connectivity index (χ1n) is 7.23. The van der Waals surface area contributed by atoms with Crippen molar-refractivity contribution in [1.29, 1.82) is 0 Å². The van der Waals surface area contributed by atoms with E-state index in [1.54, 1.807) is 0 Å². The first-order valence-corrected chi connectivity index (χ1v) is 7.23. The molecule has 1 heterocycles. The highest BCUT2D eigenvalue weighted by Gasteiger charge is 2.32. The van der Waals surface area contributed by atoms with Crippen LogP contribution in [0.5, 0.6) is 0 Å². The molecule has 2 rings (SSSR count). The van der Waals surface area contributed by atoms with E-state index in [0.717, 1.165) is 13.1 Å². The molecule has 3 heteroatoms. The number of carbonyl (C=O) groups is 1. The Morgan fingerprint density at radius 3 is 2.71 bits per heavy atom. The maximum absolute atomic E-state index is 12.2. The first kappa shape index (κ1) is 12.9. The molecular weight excluding hydrogens is 212 g/mol. The lowest BCUT2D eigenvalue weighted by atomic mass is 9.82. The second kappa shape index (κ2) is 5.85. The first-order chi connectivity index (χ1) is 8.22. The molecule has 0 spiro atoms. The third-order valence-corrected chi connectivity index (χ3v) is 4.62. The molecule has 2 N–H and O–H groups in total. The summed E-state index contributed by atoms with van der Waals surface area (Å²) in [7, 11) is 0. The molecule has 0 aromatic rings. The van der Waals surface area contributed by atoms with Crippen molar-refractivity contribution in [2.24, 2.45) is 17.8 Å². The van der Waals surface area contributed by atoms with Crippen LogP contribution < -0.4 is 10.6 Å². The van der Waals surface area contributed by atoms with Gasteiger partial charge < -0.3 is 10.6 Å². The predicted molar refractivity (Wildman–Crippen MR) is 69.7 cm³/mol. The number of rotatable bonds is 3. The van der Waals surface area contributed by atoms with E-state index < -0.39 is 0 Å². The van der Waals surface area contributed by atoms with Gasteiger partial charge in [-0.15, -0.1) is 0 Å². The Morgan fingerprint density at radius 2 is 2.06 bits per heavy atom. The molecule has 0 radical (unpaired) electrons. The quantitative estimate of drug-likeness (QED) is 0.789. The number of nitrogens with one attached hydrogen (secondary N) is 2. The summed E-state index contributed by atoms with van der Waals surface area (Å²) in [4.78, 5) is 12.2. The molecule has 1 aliphatic heterocycles. The molecule has 2 fully saturated rings. The Hall–Kier alpha value is -0.570. The van der Waals surface area contributed by atoms with Crippen molar-refractivity contribution in [3.63, 3.8) is 0 Å². The van der Waals surface area contributed by atoms with Gasteiger partial charge in [-0.25, -0.2) is 0 Å². The van der Waals surface area contributed by atoms with Crippen molar-refractivity contribution in [3.8, 4) is 0 Å². The van der Waals surface area contributed by atoms with Gasteiger partial charge in [0.15, 0.2) is 0 Å². The lowest BCUT2D eigenvalue weighted by molar-refractivity contribution is -0.126. The molecule has 0 bridgehead atoms.